The predicted octanol–water partition coefficient (Wildman–Crippen LogP) is 3.47. The SMILES string of the molecule is Cc1ccsc1-c1csc(CC2CCCN2)n1. The van der Waals surface area contributed by atoms with Crippen LogP contribution >= 0.6 is 22.7 Å². The molecule has 1 unspecified atom stereocenters. The fourth-order valence-electron chi connectivity index (χ4n) is 2.29. The molecule has 0 spiro atoms. The number of aromatic nitrogens is 1. The monoisotopic (exact) mass is 264 g/mol. The second-order valence-electron chi connectivity index (χ2n) is 4.56. The smallest absolute Gasteiger partial charge is 0.0948 e. The molecule has 1 aliphatic rings. The molecule has 0 amide bonds. The van der Waals surface area contributed by atoms with Crippen molar-refractivity contribution in [1.29, 1.82) is 0 Å². The molecule has 0 bridgehead atoms. The van der Waals surface area contributed by atoms with Crippen LogP contribution in [0.1, 0.15) is 23.4 Å². The number of rotatable bonds is 3. The number of aryl methyl sites for hydroxylation is 1. The van der Waals surface area contributed by atoms with Gasteiger partial charge in [0, 0.05) is 17.8 Å². The molecular formula is C13H16N2S2. The third-order valence-electron chi connectivity index (χ3n) is 3.23. The Hall–Kier alpha value is -0.710. The molecule has 3 rings (SSSR count). The van der Waals surface area contributed by atoms with E-state index in [-0.39, 0.29) is 0 Å². The Morgan fingerprint density at radius 3 is 3.12 bits per heavy atom. The van der Waals surface area contributed by atoms with Crippen LogP contribution in [0.4, 0.5) is 0 Å². The maximum Gasteiger partial charge on any atom is 0.0948 e. The van der Waals surface area contributed by atoms with E-state index in [9.17, 15) is 0 Å². The van der Waals surface area contributed by atoms with Crippen LogP contribution in [0.25, 0.3) is 10.6 Å². The lowest BCUT2D eigenvalue weighted by atomic mass is 10.2. The molecule has 0 radical (unpaired) electrons. The van der Waals surface area contributed by atoms with E-state index in [0.717, 1.165) is 12.1 Å². The molecule has 1 atom stereocenters. The molecule has 90 valence electrons. The van der Waals surface area contributed by atoms with Crippen molar-refractivity contribution in [3.63, 3.8) is 0 Å². The first kappa shape index (κ1) is 11.4. The summed E-state index contributed by atoms with van der Waals surface area (Å²) in [6.45, 7) is 3.33. The van der Waals surface area contributed by atoms with Gasteiger partial charge in [-0.15, -0.1) is 22.7 Å². The second kappa shape index (κ2) is 4.88. The number of hydrogen-bond acceptors (Lipinski definition) is 4. The van der Waals surface area contributed by atoms with Gasteiger partial charge in [-0.1, -0.05) is 0 Å². The van der Waals surface area contributed by atoms with Crippen LogP contribution in [0.3, 0.4) is 0 Å². The molecule has 17 heavy (non-hydrogen) atoms. The van der Waals surface area contributed by atoms with Gasteiger partial charge in [0.1, 0.15) is 0 Å². The van der Waals surface area contributed by atoms with Crippen LogP contribution in [-0.2, 0) is 6.42 Å². The van der Waals surface area contributed by atoms with Gasteiger partial charge in [-0.25, -0.2) is 4.98 Å². The summed E-state index contributed by atoms with van der Waals surface area (Å²) in [7, 11) is 0. The fourth-order valence-corrected chi connectivity index (χ4v) is 4.11. The molecule has 2 aromatic heterocycles. The normalized spacial score (nSPS) is 19.9. The van der Waals surface area contributed by atoms with E-state index in [0.29, 0.717) is 6.04 Å². The first-order valence-electron chi connectivity index (χ1n) is 6.05. The largest absolute Gasteiger partial charge is 0.314 e. The molecule has 2 aromatic rings. The molecule has 2 nitrogen and oxygen atoms in total. The van der Waals surface area contributed by atoms with Crippen LogP contribution in [-0.4, -0.2) is 17.6 Å². The summed E-state index contributed by atoms with van der Waals surface area (Å²) in [4.78, 5) is 6.09. The zero-order chi connectivity index (χ0) is 11.7. The lowest BCUT2D eigenvalue weighted by Gasteiger charge is -2.06. The molecule has 1 N–H and O–H groups in total. The van der Waals surface area contributed by atoms with Crippen molar-refractivity contribution in [2.45, 2.75) is 32.2 Å². The number of thiophene rings is 1. The summed E-state index contributed by atoms with van der Waals surface area (Å²) in [5.41, 5.74) is 2.50. The van der Waals surface area contributed by atoms with E-state index in [4.69, 9.17) is 4.98 Å². The van der Waals surface area contributed by atoms with Crippen LogP contribution < -0.4 is 5.32 Å². The van der Waals surface area contributed by atoms with E-state index in [1.165, 1.54) is 34.8 Å². The van der Waals surface area contributed by atoms with Gasteiger partial charge in [-0.05, 0) is 43.3 Å². The standard InChI is InChI=1S/C13H16N2S2/c1-9-4-6-16-13(9)11-8-17-12(15-11)7-10-3-2-5-14-10/h4,6,8,10,14H,2-3,5,7H2,1H3. The summed E-state index contributed by atoms with van der Waals surface area (Å²) >= 11 is 3.59. The average Bonchev–Trinajstić information content (AvgIpc) is 3.00. The molecule has 1 aliphatic heterocycles. The molecule has 1 fully saturated rings. The summed E-state index contributed by atoms with van der Waals surface area (Å²) in [5, 5.41) is 9.14. The Labute approximate surface area is 110 Å². The highest BCUT2D eigenvalue weighted by Crippen LogP contribution is 2.30. The van der Waals surface area contributed by atoms with E-state index >= 15 is 0 Å². The Balaban J connectivity index is 1.76. The Bertz CT molecular complexity index is 495. The third-order valence-corrected chi connectivity index (χ3v) is 5.14. The van der Waals surface area contributed by atoms with Crippen molar-refractivity contribution in [3.05, 3.63) is 27.4 Å². The van der Waals surface area contributed by atoms with E-state index in [1.807, 2.05) is 0 Å². The summed E-state index contributed by atoms with van der Waals surface area (Å²) < 4.78 is 0. The molecule has 0 saturated carbocycles. The molecule has 1 saturated heterocycles. The average molecular weight is 264 g/mol. The lowest BCUT2D eigenvalue weighted by Crippen LogP contribution is -2.23. The van der Waals surface area contributed by atoms with Crippen LogP contribution in [0.2, 0.25) is 0 Å². The number of hydrogen-bond donors (Lipinski definition) is 1. The van der Waals surface area contributed by atoms with E-state index in [1.54, 1.807) is 22.7 Å². The van der Waals surface area contributed by atoms with Gasteiger partial charge in [-0.3, -0.25) is 0 Å². The number of nitrogens with zero attached hydrogens (tertiary/aromatic N) is 1. The van der Waals surface area contributed by atoms with Gasteiger partial charge in [0.25, 0.3) is 0 Å². The maximum absolute atomic E-state index is 4.77. The third kappa shape index (κ3) is 2.44. The molecule has 4 heteroatoms. The van der Waals surface area contributed by atoms with Crippen LogP contribution in [0.5, 0.6) is 0 Å². The van der Waals surface area contributed by atoms with Crippen LogP contribution in [0.15, 0.2) is 16.8 Å². The van der Waals surface area contributed by atoms with E-state index in [2.05, 4.69) is 29.1 Å². The van der Waals surface area contributed by atoms with Crippen molar-refractivity contribution in [1.82, 2.24) is 10.3 Å². The van der Waals surface area contributed by atoms with Gasteiger partial charge in [0.05, 0.1) is 15.6 Å². The molecule has 3 heterocycles. The Morgan fingerprint density at radius 2 is 2.41 bits per heavy atom. The fraction of sp³-hybridized carbons (Fsp3) is 0.462. The lowest BCUT2D eigenvalue weighted by molar-refractivity contribution is 0.601. The Kier molecular flexibility index (Phi) is 3.27. The molecule has 0 aromatic carbocycles. The first-order chi connectivity index (χ1) is 8.33. The zero-order valence-electron chi connectivity index (χ0n) is 9.90. The van der Waals surface area contributed by atoms with Crippen molar-refractivity contribution >= 4 is 22.7 Å². The zero-order valence-corrected chi connectivity index (χ0v) is 11.5. The summed E-state index contributed by atoms with van der Waals surface area (Å²) in [5.74, 6) is 0. The molecule has 0 aliphatic carbocycles. The van der Waals surface area contributed by atoms with Gasteiger partial charge in [-0.2, -0.15) is 0 Å². The minimum absolute atomic E-state index is 0.651. The van der Waals surface area contributed by atoms with Gasteiger partial charge in [0.15, 0.2) is 0 Å². The van der Waals surface area contributed by atoms with Crippen LogP contribution in [0, 0.1) is 6.92 Å². The number of nitrogens with one attached hydrogen (secondary N) is 1. The van der Waals surface area contributed by atoms with Crippen molar-refractivity contribution in [2.75, 3.05) is 6.54 Å². The summed E-state index contributed by atoms with van der Waals surface area (Å²) in [6, 6.07) is 2.82. The maximum atomic E-state index is 4.77. The molecular weight excluding hydrogens is 248 g/mol. The minimum atomic E-state index is 0.651. The van der Waals surface area contributed by atoms with Crippen molar-refractivity contribution < 1.29 is 0 Å². The highest BCUT2D eigenvalue weighted by molar-refractivity contribution is 7.14. The first-order valence-corrected chi connectivity index (χ1v) is 7.81. The Morgan fingerprint density at radius 1 is 1.47 bits per heavy atom. The second-order valence-corrected chi connectivity index (χ2v) is 6.42. The topological polar surface area (TPSA) is 24.9 Å². The minimum Gasteiger partial charge on any atom is -0.314 e. The number of thiazole rings is 1. The van der Waals surface area contributed by atoms with Crippen molar-refractivity contribution in [2.24, 2.45) is 0 Å². The van der Waals surface area contributed by atoms with E-state index < -0.39 is 0 Å². The quantitative estimate of drug-likeness (QED) is 0.918. The summed E-state index contributed by atoms with van der Waals surface area (Å²) in [6.07, 6.45) is 3.70. The highest BCUT2D eigenvalue weighted by atomic mass is 32.1. The van der Waals surface area contributed by atoms with Crippen molar-refractivity contribution in [3.8, 4) is 10.6 Å². The van der Waals surface area contributed by atoms with Gasteiger partial charge < -0.3 is 5.32 Å². The highest BCUT2D eigenvalue weighted by Gasteiger charge is 2.16. The predicted molar refractivity (Wildman–Crippen MR) is 74.9 cm³/mol. The van der Waals surface area contributed by atoms with Gasteiger partial charge >= 0.3 is 0 Å². The van der Waals surface area contributed by atoms with Gasteiger partial charge in [0.2, 0.25) is 0 Å².